The largest absolute Gasteiger partial charge is 0.490 e. The van der Waals surface area contributed by atoms with Gasteiger partial charge in [0.25, 0.3) is 0 Å². The number of benzene rings is 1. The van der Waals surface area contributed by atoms with E-state index in [-0.39, 0.29) is 24.4 Å². The molecule has 11 heteroatoms. The van der Waals surface area contributed by atoms with Crippen LogP contribution in [-0.2, 0) is 25.5 Å². The first-order valence-electron chi connectivity index (χ1n) is 11.0. The van der Waals surface area contributed by atoms with Crippen LogP contribution in [0.4, 0.5) is 18.9 Å². The van der Waals surface area contributed by atoms with E-state index < -0.39 is 12.1 Å². The number of ether oxygens (including phenoxy) is 2. The van der Waals surface area contributed by atoms with Gasteiger partial charge in [-0.05, 0) is 81.5 Å². The van der Waals surface area contributed by atoms with Crippen LogP contribution < -0.4 is 15.4 Å². The van der Waals surface area contributed by atoms with Crippen LogP contribution >= 0.6 is 0 Å². The second-order valence-electron chi connectivity index (χ2n) is 7.85. The number of fused-ring (bicyclic) bond motifs is 1. The molecule has 0 radical (unpaired) electrons. The minimum Gasteiger partial charge on any atom is -0.490 e. The maximum absolute atomic E-state index is 12.2. The first-order valence-corrected chi connectivity index (χ1v) is 11.0. The monoisotopic (exact) mass is 486 g/mol. The summed E-state index contributed by atoms with van der Waals surface area (Å²) in [6, 6.07) is 5.65. The number of carboxylic acid groups (broad SMARTS) is 1. The van der Waals surface area contributed by atoms with Crippen molar-refractivity contribution in [2.45, 2.75) is 51.3 Å². The third kappa shape index (κ3) is 9.42. The normalized spacial score (nSPS) is 18.2. The third-order valence-corrected chi connectivity index (χ3v) is 5.20. The number of carbonyl (C=O) groups is 3. The highest BCUT2D eigenvalue weighted by atomic mass is 19.4. The lowest BCUT2D eigenvalue weighted by Crippen LogP contribution is -2.27. The van der Waals surface area contributed by atoms with Gasteiger partial charge in [-0.15, -0.1) is 0 Å². The molecule has 188 valence electrons. The second kappa shape index (κ2) is 13.0. The van der Waals surface area contributed by atoms with Gasteiger partial charge in [-0.3, -0.25) is 9.59 Å². The van der Waals surface area contributed by atoms with Crippen LogP contribution in [-0.4, -0.2) is 54.9 Å². The molecule has 1 aromatic rings. The first-order chi connectivity index (χ1) is 16.1. The Morgan fingerprint density at radius 1 is 1.24 bits per heavy atom. The maximum atomic E-state index is 12.2. The van der Waals surface area contributed by atoms with Gasteiger partial charge in [0.1, 0.15) is 11.9 Å². The average molecular weight is 486 g/mol. The molecular weight excluding hydrogens is 457 g/mol. The molecule has 2 aliphatic heterocycles. The average Bonchev–Trinajstić information content (AvgIpc) is 2.78. The number of anilines is 1. The molecule has 1 aromatic carbocycles. The Labute approximate surface area is 195 Å². The fourth-order valence-electron chi connectivity index (χ4n) is 3.52. The highest BCUT2D eigenvalue weighted by Gasteiger charge is 2.38. The zero-order valence-corrected chi connectivity index (χ0v) is 18.8. The number of aliphatic carboxylic acids is 1. The Bertz CT molecular complexity index is 882. The number of esters is 1. The minimum absolute atomic E-state index is 0.106. The number of halogens is 3. The van der Waals surface area contributed by atoms with E-state index in [1.54, 1.807) is 13.0 Å². The lowest BCUT2D eigenvalue weighted by Gasteiger charge is -2.26. The van der Waals surface area contributed by atoms with E-state index in [1.165, 1.54) is 0 Å². The van der Waals surface area contributed by atoms with Gasteiger partial charge in [-0.2, -0.15) is 13.2 Å². The molecule has 2 heterocycles. The first kappa shape index (κ1) is 27.2. The van der Waals surface area contributed by atoms with Crippen LogP contribution in [0.5, 0.6) is 5.75 Å². The molecule has 1 atom stereocenters. The molecule has 0 spiro atoms. The van der Waals surface area contributed by atoms with Crippen molar-refractivity contribution in [1.29, 1.82) is 0 Å². The summed E-state index contributed by atoms with van der Waals surface area (Å²) < 4.78 is 42.6. The summed E-state index contributed by atoms with van der Waals surface area (Å²) in [7, 11) is 0. The number of aryl methyl sites for hydroxylation is 1. The summed E-state index contributed by atoms with van der Waals surface area (Å²) in [5.74, 6) is -1.84. The molecule has 1 unspecified atom stereocenters. The zero-order chi connectivity index (χ0) is 25.1. The summed E-state index contributed by atoms with van der Waals surface area (Å²) in [5, 5.41) is 13.4. The Hall–Kier alpha value is -3.08. The number of amides is 1. The van der Waals surface area contributed by atoms with Crippen molar-refractivity contribution in [3.05, 3.63) is 35.9 Å². The highest BCUT2D eigenvalue weighted by Crippen LogP contribution is 2.31. The van der Waals surface area contributed by atoms with Crippen molar-refractivity contribution in [3.8, 4) is 5.75 Å². The van der Waals surface area contributed by atoms with Gasteiger partial charge in [0.05, 0.1) is 13.0 Å². The molecule has 1 saturated heterocycles. The molecule has 2 aliphatic rings. The molecule has 3 N–H and O–H groups in total. The lowest BCUT2D eigenvalue weighted by molar-refractivity contribution is -0.192. The number of hydrogen-bond acceptors (Lipinski definition) is 6. The zero-order valence-electron chi connectivity index (χ0n) is 18.8. The number of nitrogens with one attached hydrogen (secondary N) is 2. The standard InChI is InChI=1S/C21H28N2O4.C2HF3O2/c1-2-26-21(25)14-18-6-4-16-13-17(5-7-19(16)27-18)23-20(24)8-3-15-9-11-22-12-10-15;3-2(4,5)1(6)7/h3,5,7-8,13,15,18,22H,2,4,6,9-12,14H2,1H3,(H,23,24);(H,6,7). The van der Waals surface area contributed by atoms with E-state index in [0.717, 1.165) is 55.8 Å². The van der Waals surface area contributed by atoms with Crippen LogP contribution in [0.1, 0.15) is 38.2 Å². The summed E-state index contributed by atoms with van der Waals surface area (Å²) in [6.07, 6.45) is 2.42. The van der Waals surface area contributed by atoms with E-state index in [4.69, 9.17) is 19.4 Å². The summed E-state index contributed by atoms with van der Waals surface area (Å²) in [6.45, 7) is 4.21. The number of hydrogen-bond donors (Lipinski definition) is 3. The highest BCUT2D eigenvalue weighted by molar-refractivity contribution is 5.99. The molecule has 0 aromatic heterocycles. The molecule has 1 amide bonds. The van der Waals surface area contributed by atoms with Crippen LogP contribution in [0.15, 0.2) is 30.4 Å². The van der Waals surface area contributed by atoms with E-state index in [2.05, 4.69) is 10.6 Å². The fraction of sp³-hybridized carbons (Fsp3) is 0.522. The Balaban J connectivity index is 0.000000509. The minimum atomic E-state index is -5.08. The SMILES string of the molecule is CCOC(=O)CC1CCc2cc(NC(=O)C=CC3CCNCC3)ccc2O1.O=C(O)C(F)(F)F. The van der Waals surface area contributed by atoms with Gasteiger partial charge in [-0.25, -0.2) is 4.79 Å². The summed E-state index contributed by atoms with van der Waals surface area (Å²) in [5.41, 5.74) is 1.82. The number of alkyl halides is 3. The Kier molecular flexibility index (Phi) is 10.4. The predicted octanol–water partition coefficient (Wildman–Crippen LogP) is 3.46. The second-order valence-corrected chi connectivity index (χ2v) is 7.85. The number of carboxylic acids is 1. The third-order valence-electron chi connectivity index (χ3n) is 5.20. The van der Waals surface area contributed by atoms with Gasteiger partial charge in [0, 0.05) is 5.69 Å². The van der Waals surface area contributed by atoms with E-state index in [1.807, 2.05) is 24.3 Å². The summed E-state index contributed by atoms with van der Waals surface area (Å²) in [4.78, 5) is 32.7. The number of allylic oxidation sites excluding steroid dienone is 1. The van der Waals surface area contributed by atoms with Crippen LogP contribution in [0, 0.1) is 5.92 Å². The molecule has 34 heavy (non-hydrogen) atoms. The number of rotatable bonds is 6. The Morgan fingerprint density at radius 2 is 1.91 bits per heavy atom. The van der Waals surface area contributed by atoms with Crippen molar-refractivity contribution < 1.29 is 42.1 Å². The number of piperidine rings is 1. The Morgan fingerprint density at radius 3 is 2.53 bits per heavy atom. The van der Waals surface area contributed by atoms with Gasteiger partial charge >= 0.3 is 18.1 Å². The predicted molar refractivity (Wildman–Crippen MR) is 117 cm³/mol. The van der Waals surface area contributed by atoms with Crippen LogP contribution in [0.25, 0.3) is 0 Å². The van der Waals surface area contributed by atoms with Gasteiger partial charge < -0.3 is 25.2 Å². The number of carbonyl (C=O) groups excluding carboxylic acids is 2. The van der Waals surface area contributed by atoms with Crippen LogP contribution in [0.3, 0.4) is 0 Å². The van der Waals surface area contributed by atoms with Crippen LogP contribution in [0.2, 0.25) is 0 Å². The molecule has 3 rings (SSSR count). The fourth-order valence-corrected chi connectivity index (χ4v) is 3.52. The van der Waals surface area contributed by atoms with E-state index in [9.17, 15) is 22.8 Å². The van der Waals surface area contributed by atoms with Crippen molar-refractivity contribution in [3.63, 3.8) is 0 Å². The van der Waals surface area contributed by atoms with Crippen molar-refractivity contribution >= 4 is 23.5 Å². The van der Waals surface area contributed by atoms with Crippen molar-refractivity contribution in [2.24, 2.45) is 5.92 Å². The van der Waals surface area contributed by atoms with Crippen molar-refractivity contribution in [2.75, 3.05) is 25.0 Å². The van der Waals surface area contributed by atoms with E-state index in [0.29, 0.717) is 12.5 Å². The smallest absolute Gasteiger partial charge is 0.490 e. The van der Waals surface area contributed by atoms with Crippen molar-refractivity contribution in [1.82, 2.24) is 5.32 Å². The molecule has 0 bridgehead atoms. The quantitative estimate of drug-likeness (QED) is 0.417. The van der Waals surface area contributed by atoms with E-state index >= 15 is 0 Å². The van der Waals surface area contributed by atoms with Gasteiger partial charge in [0.15, 0.2) is 0 Å². The molecule has 1 fully saturated rings. The summed E-state index contributed by atoms with van der Waals surface area (Å²) >= 11 is 0. The van der Waals surface area contributed by atoms with Gasteiger partial charge in [-0.1, -0.05) is 6.08 Å². The lowest BCUT2D eigenvalue weighted by atomic mass is 9.98. The topological polar surface area (TPSA) is 114 Å². The molecular formula is C23H29F3N2O6. The molecule has 0 aliphatic carbocycles. The molecule has 0 saturated carbocycles. The van der Waals surface area contributed by atoms with Gasteiger partial charge in [0.2, 0.25) is 5.91 Å². The maximum Gasteiger partial charge on any atom is 0.490 e. The molecule has 8 nitrogen and oxygen atoms in total.